The van der Waals surface area contributed by atoms with Crippen molar-refractivity contribution >= 4 is 29.3 Å². The number of aliphatic hydroxyl groups excluding tert-OH is 1. The second-order valence-corrected chi connectivity index (χ2v) is 12.1. The lowest BCUT2D eigenvalue weighted by Gasteiger charge is -2.31. The van der Waals surface area contributed by atoms with E-state index in [-0.39, 0.29) is 23.1 Å². The summed E-state index contributed by atoms with van der Waals surface area (Å²) in [4.78, 5) is 55.2. The SMILES string of the molecule is CCCCC(CC)CN(CC(CC)CCCC)C(=O)c1cccc(/N=N/C2C(=O)N(CO)C(=O)C(C(=O)NC(C)C)=C2C)c1. The van der Waals surface area contributed by atoms with Crippen molar-refractivity contribution in [1.29, 1.82) is 0 Å². The highest BCUT2D eigenvalue weighted by Crippen LogP contribution is 2.26. The van der Waals surface area contributed by atoms with E-state index >= 15 is 0 Å². The zero-order chi connectivity index (χ0) is 32.8. The third-order valence-corrected chi connectivity index (χ3v) is 8.26. The zero-order valence-electron chi connectivity index (χ0n) is 27.8. The van der Waals surface area contributed by atoms with E-state index in [4.69, 9.17) is 0 Å². The third-order valence-electron chi connectivity index (χ3n) is 8.26. The minimum absolute atomic E-state index is 0.0542. The Bertz CT molecular complexity index is 1180. The number of hydrogen-bond donors (Lipinski definition) is 2. The largest absolute Gasteiger partial charge is 0.376 e. The number of carbonyl (C=O) groups is 4. The minimum atomic E-state index is -1.27. The van der Waals surface area contributed by atoms with E-state index in [0.29, 0.717) is 41.1 Å². The third kappa shape index (κ3) is 10.1. The molecular formula is C34H53N5O5. The first-order valence-corrected chi connectivity index (χ1v) is 16.3. The van der Waals surface area contributed by atoms with Gasteiger partial charge in [-0.05, 0) is 69.2 Å². The number of nitrogens with one attached hydrogen (secondary N) is 1. The summed E-state index contributed by atoms with van der Waals surface area (Å²) in [6.07, 6.45) is 8.71. The van der Waals surface area contributed by atoms with Crippen molar-refractivity contribution in [3.05, 3.63) is 41.0 Å². The van der Waals surface area contributed by atoms with Gasteiger partial charge in [0, 0.05) is 24.7 Å². The second-order valence-electron chi connectivity index (χ2n) is 12.1. The molecule has 244 valence electrons. The van der Waals surface area contributed by atoms with Gasteiger partial charge < -0.3 is 15.3 Å². The molecule has 1 heterocycles. The summed E-state index contributed by atoms with van der Waals surface area (Å²) in [5.74, 6) is -1.49. The number of carbonyl (C=O) groups excluding carboxylic acids is 4. The lowest BCUT2D eigenvalue weighted by Crippen LogP contribution is -2.51. The Morgan fingerprint density at radius 3 is 2.09 bits per heavy atom. The summed E-state index contributed by atoms with van der Waals surface area (Å²) in [6, 6.07) is 5.34. The van der Waals surface area contributed by atoms with Crippen LogP contribution >= 0.6 is 0 Å². The molecule has 0 aliphatic carbocycles. The number of hydrogen-bond acceptors (Lipinski definition) is 7. The summed E-state index contributed by atoms with van der Waals surface area (Å²) >= 11 is 0. The van der Waals surface area contributed by atoms with Gasteiger partial charge in [-0.3, -0.25) is 24.1 Å². The Morgan fingerprint density at radius 2 is 1.59 bits per heavy atom. The maximum Gasteiger partial charge on any atom is 0.268 e. The molecule has 0 fully saturated rings. The molecule has 10 heteroatoms. The first kappa shape index (κ1) is 36.8. The standard InChI is InChI=1S/C34H53N5O5/c1-8-12-15-25(10-3)20-38(21-26(11-4)16-13-9-2)32(42)27-17-14-18-28(19-27)36-37-30-24(7)29(31(41)35-23(5)6)33(43)39(22-40)34(30)44/h14,17-19,23,25-26,30,40H,8-13,15-16,20-22H2,1-7H3,(H,35,41)/b37-36+. The van der Waals surface area contributed by atoms with Crippen molar-refractivity contribution in [3.8, 4) is 0 Å². The molecule has 0 aromatic heterocycles. The van der Waals surface area contributed by atoms with Crippen molar-refractivity contribution in [1.82, 2.24) is 15.1 Å². The van der Waals surface area contributed by atoms with Crippen LogP contribution < -0.4 is 5.32 Å². The van der Waals surface area contributed by atoms with E-state index < -0.39 is 30.5 Å². The van der Waals surface area contributed by atoms with Crippen LogP contribution in [0.2, 0.25) is 0 Å². The molecule has 0 spiro atoms. The lowest BCUT2D eigenvalue weighted by molar-refractivity contribution is -0.149. The molecule has 44 heavy (non-hydrogen) atoms. The predicted molar refractivity (Wildman–Crippen MR) is 172 cm³/mol. The molecule has 3 unspecified atom stereocenters. The van der Waals surface area contributed by atoms with Crippen LogP contribution in [0.25, 0.3) is 0 Å². The zero-order valence-corrected chi connectivity index (χ0v) is 27.8. The summed E-state index contributed by atoms with van der Waals surface area (Å²) in [6.45, 7) is 14.3. The molecule has 1 aromatic carbocycles. The van der Waals surface area contributed by atoms with Crippen molar-refractivity contribution in [3.63, 3.8) is 0 Å². The molecule has 4 amide bonds. The first-order chi connectivity index (χ1) is 21.0. The van der Waals surface area contributed by atoms with Crippen LogP contribution in [0.5, 0.6) is 0 Å². The molecular weight excluding hydrogens is 558 g/mol. The Labute approximate surface area is 263 Å². The van der Waals surface area contributed by atoms with E-state index in [9.17, 15) is 24.3 Å². The van der Waals surface area contributed by atoms with Gasteiger partial charge in [0.15, 0.2) is 6.04 Å². The maximum absolute atomic E-state index is 14.0. The van der Waals surface area contributed by atoms with Crippen LogP contribution in [0, 0.1) is 11.8 Å². The fourth-order valence-corrected chi connectivity index (χ4v) is 5.46. The second kappa shape index (κ2) is 18.4. The minimum Gasteiger partial charge on any atom is -0.376 e. The highest BCUT2D eigenvalue weighted by atomic mass is 16.3. The number of imide groups is 1. The average molecular weight is 612 g/mol. The number of aliphatic hydroxyl groups is 1. The van der Waals surface area contributed by atoms with Gasteiger partial charge in [-0.15, -0.1) is 0 Å². The first-order valence-electron chi connectivity index (χ1n) is 16.3. The number of nitrogens with zero attached hydrogens (tertiary/aromatic N) is 4. The molecule has 1 aromatic rings. The van der Waals surface area contributed by atoms with E-state index in [1.807, 2.05) is 4.90 Å². The number of benzene rings is 1. The van der Waals surface area contributed by atoms with E-state index in [1.54, 1.807) is 38.1 Å². The van der Waals surface area contributed by atoms with Crippen LogP contribution in [-0.2, 0) is 14.4 Å². The summed E-state index contributed by atoms with van der Waals surface area (Å²) in [5.41, 5.74) is 0.773. The Hall–Kier alpha value is -3.40. The molecule has 0 saturated carbocycles. The Morgan fingerprint density at radius 1 is 1.00 bits per heavy atom. The maximum atomic E-state index is 14.0. The van der Waals surface area contributed by atoms with Crippen molar-refractivity contribution < 1.29 is 24.3 Å². The predicted octanol–water partition coefficient (Wildman–Crippen LogP) is 6.17. The molecule has 0 radical (unpaired) electrons. The molecule has 1 aliphatic heterocycles. The normalized spacial score (nSPS) is 17.0. The quantitative estimate of drug-likeness (QED) is 0.116. The summed E-state index contributed by atoms with van der Waals surface area (Å²) in [5, 5.41) is 20.9. The summed E-state index contributed by atoms with van der Waals surface area (Å²) < 4.78 is 0. The molecule has 0 saturated heterocycles. The van der Waals surface area contributed by atoms with Gasteiger partial charge >= 0.3 is 0 Å². The highest BCUT2D eigenvalue weighted by molar-refractivity contribution is 6.25. The Balaban J connectivity index is 2.41. The molecule has 10 nitrogen and oxygen atoms in total. The van der Waals surface area contributed by atoms with E-state index in [1.165, 1.54) is 6.92 Å². The summed E-state index contributed by atoms with van der Waals surface area (Å²) in [7, 11) is 0. The van der Waals surface area contributed by atoms with Crippen LogP contribution in [0.15, 0.2) is 45.6 Å². The van der Waals surface area contributed by atoms with Gasteiger partial charge in [-0.25, -0.2) is 0 Å². The fourth-order valence-electron chi connectivity index (χ4n) is 5.46. The molecule has 3 atom stereocenters. The average Bonchev–Trinajstić information content (AvgIpc) is 2.99. The van der Waals surface area contributed by atoms with Crippen molar-refractivity contribution in [2.45, 2.75) is 112 Å². The lowest BCUT2D eigenvalue weighted by atomic mass is 9.95. The van der Waals surface area contributed by atoms with Crippen LogP contribution in [0.1, 0.15) is 110 Å². The van der Waals surface area contributed by atoms with Gasteiger partial charge in [0.1, 0.15) is 12.3 Å². The number of azo groups is 1. The monoisotopic (exact) mass is 611 g/mol. The van der Waals surface area contributed by atoms with Gasteiger partial charge in [0.2, 0.25) is 0 Å². The van der Waals surface area contributed by atoms with Gasteiger partial charge in [-0.2, -0.15) is 10.2 Å². The van der Waals surface area contributed by atoms with Gasteiger partial charge in [0.05, 0.1) is 5.69 Å². The smallest absolute Gasteiger partial charge is 0.268 e. The van der Waals surface area contributed by atoms with Crippen molar-refractivity contribution in [2.24, 2.45) is 22.1 Å². The molecule has 1 aliphatic rings. The molecule has 2 N–H and O–H groups in total. The highest BCUT2D eigenvalue weighted by Gasteiger charge is 2.41. The van der Waals surface area contributed by atoms with Crippen molar-refractivity contribution in [2.75, 3.05) is 19.8 Å². The molecule has 2 rings (SSSR count). The van der Waals surface area contributed by atoms with Crippen LogP contribution in [-0.4, -0.2) is 70.4 Å². The number of amides is 4. The number of unbranched alkanes of at least 4 members (excludes halogenated alkanes) is 2. The van der Waals surface area contributed by atoms with Crippen LogP contribution in [0.4, 0.5) is 5.69 Å². The van der Waals surface area contributed by atoms with E-state index in [0.717, 1.165) is 51.4 Å². The topological polar surface area (TPSA) is 132 Å². The van der Waals surface area contributed by atoms with Gasteiger partial charge in [0.25, 0.3) is 23.6 Å². The van der Waals surface area contributed by atoms with Gasteiger partial charge in [-0.1, -0.05) is 72.3 Å². The number of rotatable bonds is 18. The molecule has 0 bridgehead atoms. The Kier molecular flexibility index (Phi) is 15.4. The van der Waals surface area contributed by atoms with Crippen LogP contribution in [0.3, 0.4) is 0 Å². The van der Waals surface area contributed by atoms with E-state index in [2.05, 4.69) is 43.2 Å². The fraction of sp³-hybridized carbons (Fsp3) is 0.647.